The van der Waals surface area contributed by atoms with E-state index in [0.717, 1.165) is 100 Å². The summed E-state index contributed by atoms with van der Waals surface area (Å²) in [5, 5.41) is 24.4. The van der Waals surface area contributed by atoms with Gasteiger partial charge in [0.1, 0.15) is 0 Å². The lowest BCUT2D eigenvalue weighted by molar-refractivity contribution is -0.137. The zero-order valence-corrected chi connectivity index (χ0v) is 44.1. The van der Waals surface area contributed by atoms with Gasteiger partial charge in [0.25, 0.3) is 0 Å². The minimum Gasteiger partial charge on any atom is -0.309 e. The minimum atomic E-state index is -4.70. The predicted molar refractivity (Wildman–Crippen MR) is 327 cm³/mol. The van der Waals surface area contributed by atoms with Crippen LogP contribution in [0.4, 0.5) is 35.9 Å². The zero-order chi connectivity index (χ0) is 57.8. The maximum absolute atomic E-state index is 14.3. The fraction of sp³-hybridized carbons (Fsp3) is 0.0137. The summed E-state index contributed by atoms with van der Waals surface area (Å²) in [5.74, 6) is 0. The maximum Gasteiger partial charge on any atom is 0.415 e. The number of para-hydroxylation sites is 3. The van der Waals surface area contributed by atoms with Crippen LogP contribution in [0.2, 0.25) is 0 Å². The monoisotopic (exact) mass is 1080 g/mol. The van der Waals surface area contributed by atoms with E-state index in [1.165, 1.54) is 6.07 Å². The lowest BCUT2D eigenvalue weighted by Crippen LogP contribution is -2.04. The first-order chi connectivity index (χ1) is 41.0. The van der Waals surface area contributed by atoms with Crippen LogP contribution in [0, 0.1) is 49.0 Å². The van der Waals surface area contributed by atoms with Crippen LogP contribution in [0.1, 0.15) is 16.7 Å². The Hall–Kier alpha value is -12.3. The van der Waals surface area contributed by atoms with Crippen molar-refractivity contribution in [2.75, 3.05) is 0 Å². The molecular formula is C73H37F3N8. The number of hydrogen-bond donors (Lipinski definition) is 0. The number of nitriles is 2. The van der Waals surface area contributed by atoms with Crippen molar-refractivity contribution in [3.8, 4) is 90.3 Å². The van der Waals surface area contributed by atoms with Gasteiger partial charge < -0.3 is 9.13 Å². The molecule has 0 aliphatic heterocycles. The molecule has 84 heavy (non-hydrogen) atoms. The summed E-state index contributed by atoms with van der Waals surface area (Å²) in [7, 11) is 0. The predicted octanol–water partition coefficient (Wildman–Crippen LogP) is 20.8. The Balaban J connectivity index is 1.14. The van der Waals surface area contributed by atoms with Gasteiger partial charge in [0.2, 0.25) is 0 Å². The van der Waals surface area contributed by atoms with Gasteiger partial charge in [-0.2, -0.15) is 23.7 Å². The normalized spacial score (nSPS) is 11.2. The van der Waals surface area contributed by atoms with Crippen molar-refractivity contribution in [1.82, 2.24) is 9.13 Å². The largest absolute Gasteiger partial charge is 0.415 e. The van der Waals surface area contributed by atoms with E-state index in [1.54, 1.807) is 36.4 Å². The molecule has 0 bridgehead atoms. The van der Waals surface area contributed by atoms with E-state index in [-0.39, 0.29) is 11.3 Å². The van der Waals surface area contributed by atoms with Crippen molar-refractivity contribution >= 4 is 66.4 Å². The molecule has 0 amide bonds. The van der Waals surface area contributed by atoms with Gasteiger partial charge in [0.05, 0.1) is 83.0 Å². The van der Waals surface area contributed by atoms with Gasteiger partial charge in [-0.1, -0.05) is 133 Å². The van der Waals surface area contributed by atoms with Crippen LogP contribution >= 0.6 is 0 Å². The van der Waals surface area contributed by atoms with Crippen molar-refractivity contribution in [3.05, 3.63) is 287 Å². The summed E-state index contributed by atoms with van der Waals surface area (Å²) in [6.45, 7) is 32.3. The van der Waals surface area contributed by atoms with Crippen LogP contribution in [0.25, 0.3) is 141 Å². The van der Waals surface area contributed by atoms with Crippen molar-refractivity contribution in [2.45, 2.75) is 6.18 Å². The van der Waals surface area contributed by atoms with Crippen molar-refractivity contribution in [1.29, 1.82) is 10.5 Å². The summed E-state index contributed by atoms with van der Waals surface area (Å²) in [6, 6.07) is 72.8. The number of hydrogen-bond acceptors (Lipinski definition) is 2. The number of fused-ring (bicyclic) bond motifs is 6. The zero-order valence-electron chi connectivity index (χ0n) is 44.1. The Bertz CT molecular complexity index is 5000. The Morgan fingerprint density at radius 3 is 1.13 bits per heavy atom. The fourth-order valence-corrected chi connectivity index (χ4v) is 11.7. The van der Waals surface area contributed by atoms with Gasteiger partial charge in [-0.05, 0) is 147 Å². The molecule has 11 heteroatoms. The number of benzene rings is 11. The van der Waals surface area contributed by atoms with Gasteiger partial charge >= 0.3 is 6.18 Å². The lowest BCUT2D eigenvalue weighted by atomic mass is 9.93. The number of halogens is 3. The molecule has 13 rings (SSSR count). The minimum absolute atomic E-state index is 0.197. The third kappa shape index (κ3) is 8.52. The molecule has 0 spiro atoms. The van der Waals surface area contributed by atoms with Crippen LogP contribution in [0.3, 0.4) is 0 Å². The molecule has 11 aromatic carbocycles. The molecule has 0 N–H and O–H groups in total. The quantitative estimate of drug-likeness (QED) is 0.142. The molecule has 2 aromatic heterocycles. The Labute approximate surface area is 480 Å². The van der Waals surface area contributed by atoms with Gasteiger partial charge in [-0.3, -0.25) is 0 Å². The van der Waals surface area contributed by atoms with E-state index in [1.807, 2.05) is 146 Å². The maximum atomic E-state index is 14.3. The molecule has 0 unspecified atom stereocenters. The molecule has 0 aliphatic carbocycles. The second-order valence-corrected chi connectivity index (χ2v) is 20.1. The Morgan fingerprint density at radius 1 is 0.333 bits per heavy atom. The van der Waals surface area contributed by atoms with Crippen molar-refractivity contribution in [2.24, 2.45) is 0 Å². The van der Waals surface area contributed by atoms with Crippen LogP contribution in [-0.2, 0) is 6.18 Å². The third-order valence-corrected chi connectivity index (χ3v) is 15.5. The lowest BCUT2D eigenvalue weighted by Gasteiger charge is -2.21. The first-order valence-corrected chi connectivity index (χ1v) is 26.4. The van der Waals surface area contributed by atoms with Crippen molar-refractivity contribution in [3.63, 3.8) is 0 Å². The average Bonchev–Trinajstić information content (AvgIpc) is 2.54. The van der Waals surface area contributed by atoms with Crippen molar-refractivity contribution < 1.29 is 13.2 Å². The molecule has 13 aromatic rings. The van der Waals surface area contributed by atoms with Crippen LogP contribution < -0.4 is 0 Å². The summed E-state index contributed by atoms with van der Waals surface area (Å²) in [4.78, 5) is 15.2. The van der Waals surface area contributed by atoms with Gasteiger partial charge in [-0.15, -0.1) is 0 Å². The average molecular weight is 1080 g/mol. The highest BCUT2D eigenvalue weighted by atomic mass is 19.4. The highest BCUT2D eigenvalue weighted by Gasteiger charge is 2.31. The van der Waals surface area contributed by atoms with E-state index in [0.29, 0.717) is 56.3 Å². The summed E-state index contributed by atoms with van der Waals surface area (Å²) >= 11 is 0. The SMILES string of the molecule is [C-]#[N+]c1ccccc1-c1ccc2c(c1)c1cc(-c3ccccc3C#N)ccc1n2-c1ccc(C#N)cc1-c1cc(-c2ccc(C(F)(F)F)cc2[N+]#[C-])ccc1-n1c2ccc(-c3ccccc3[N+]#[C-])cc2c2cc(-c3ccccc3[N+]#[C-])ccc21. The van der Waals surface area contributed by atoms with Gasteiger partial charge in [0.15, 0.2) is 22.7 Å². The standard InChI is InChI=1S/C73H37F3N8/c1-79-63-18-10-7-15-53(63)46-23-31-70-60(37-46)59-36-45(52-14-6-5-13-50(52)43-78)22-30-69(59)83(70)67-29-21-44(42-77)35-57(67)58-40-49(56-28-27-51(73(74,75)76)41-66(56)82-4)26-34-68(58)84-71-32-24-47(54-16-8-11-19-64(54)80-2)38-61(71)62-39-48(25-33-72(62)84)55-17-9-12-20-65(55)81-3/h5-41H. The van der Waals surface area contributed by atoms with Crippen LogP contribution in [-0.4, -0.2) is 9.13 Å². The van der Waals surface area contributed by atoms with E-state index in [2.05, 4.69) is 64.9 Å². The molecule has 0 fully saturated rings. The second kappa shape index (κ2) is 20.4. The van der Waals surface area contributed by atoms with Gasteiger partial charge in [-0.25, -0.2) is 19.4 Å². The second-order valence-electron chi connectivity index (χ2n) is 20.1. The summed E-state index contributed by atoms with van der Waals surface area (Å²) in [6.07, 6.45) is -4.70. The van der Waals surface area contributed by atoms with E-state index < -0.39 is 11.7 Å². The van der Waals surface area contributed by atoms with Crippen LogP contribution in [0.5, 0.6) is 0 Å². The van der Waals surface area contributed by atoms with E-state index in [4.69, 9.17) is 26.3 Å². The molecular weight excluding hydrogens is 1050 g/mol. The number of alkyl halides is 3. The molecule has 0 saturated heterocycles. The number of nitrogens with zero attached hydrogens (tertiary/aromatic N) is 8. The Morgan fingerprint density at radius 2 is 0.702 bits per heavy atom. The molecule has 8 nitrogen and oxygen atoms in total. The molecule has 390 valence electrons. The topological polar surface area (TPSA) is 74.9 Å². The summed E-state index contributed by atoms with van der Waals surface area (Å²) in [5.41, 5.74) is 13.5. The smallest absolute Gasteiger partial charge is 0.309 e. The highest BCUT2D eigenvalue weighted by molar-refractivity contribution is 6.15. The number of aromatic nitrogens is 2. The van der Waals surface area contributed by atoms with E-state index in [9.17, 15) is 23.7 Å². The Kier molecular flexibility index (Phi) is 12.5. The van der Waals surface area contributed by atoms with E-state index >= 15 is 0 Å². The first-order valence-electron chi connectivity index (χ1n) is 26.4. The van der Waals surface area contributed by atoms with Gasteiger partial charge in [0, 0.05) is 38.2 Å². The first kappa shape index (κ1) is 51.2. The molecule has 2 heterocycles. The highest BCUT2D eigenvalue weighted by Crippen LogP contribution is 2.48. The molecule has 0 aliphatic rings. The molecule has 0 atom stereocenters. The number of rotatable bonds is 8. The third-order valence-electron chi connectivity index (χ3n) is 15.5. The fourth-order valence-electron chi connectivity index (χ4n) is 11.7. The van der Waals surface area contributed by atoms with Crippen LogP contribution in [0.15, 0.2) is 224 Å². The summed E-state index contributed by atoms with van der Waals surface area (Å²) < 4.78 is 47.1. The molecule has 0 saturated carbocycles. The molecule has 0 radical (unpaired) electrons.